The molecule has 1 aromatic heterocycles. The Labute approximate surface area is 154 Å². The normalized spacial score (nSPS) is 34.8. The van der Waals surface area contributed by atoms with Gasteiger partial charge in [0.05, 0.1) is 5.41 Å². The fraction of sp³-hybridized carbons (Fsp3) is 0.609. The van der Waals surface area contributed by atoms with Gasteiger partial charge in [-0.05, 0) is 93.7 Å². The van der Waals surface area contributed by atoms with Crippen molar-refractivity contribution in [3.8, 4) is 0 Å². The highest BCUT2D eigenvalue weighted by molar-refractivity contribution is 5.98. The van der Waals surface area contributed by atoms with Crippen molar-refractivity contribution in [2.45, 2.75) is 64.2 Å². The van der Waals surface area contributed by atoms with Gasteiger partial charge in [0.2, 0.25) is 5.91 Å². The molecule has 0 atom stereocenters. The SMILES string of the molecule is O=C(Nc1ccc2oc3c(c2c1)CCCC3)C12CC3CC(CC(C3)C1)C2. The molecule has 2 aromatic rings. The summed E-state index contributed by atoms with van der Waals surface area (Å²) in [4.78, 5) is 13.3. The number of nitrogens with one attached hydrogen (secondary N) is 1. The van der Waals surface area contributed by atoms with Crippen molar-refractivity contribution in [2.24, 2.45) is 23.2 Å². The van der Waals surface area contributed by atoms with Gasteiger partial charge < -0.3 is 9.73 Å². The number of hydrogen-bond donors (Lipinski definition) is 1. The smallest absolute Gasteiger partial charge is 0.230 e. The van der Waals surface area contributed by atoms with Crippen molar-refractivity contribution in [3.63, 3.8) is 0 Å². The van der Waals surface area contributed by atoms with E-state index < -0.39 is 0 Å². The highest BCUT2D eigenvalue weighted by Crippen LogP contribution is 2.60. The molecule has 26 heavy (non-hydrogen) atoms. The maximum absolute atomic E-state index is 13.3. The molecule has 1 aromatic carbocycles. The van der Waals surface area contributed by atoms with Crippen LogP contribution in [0.4, 0.5) is 5.69 Å². The van der Waals surface area contributed by atoms with Crippen LogP contribution in [0.3, 0.4) is 0 Å². The second-order valence-electron chi connectivity index (χ2n) is 9.57. The quantitative estimate of drug-likeness (QED) is 0.781. The summed E-state index contributed by atoms with van der Waals surface area (Å²) in [5, 5.41) is 4.52. The Balaban J connectivity index is 1.30. The number of hydrogen-bond acceptors (Lipinski definition) is 2. The maximum atomic E-state index is 13.3. The van der Waals surface area contributed by atoms with Gasteiger partial charge in [0.1, 0.15) is 11.3 Å². The van der Waals surface area contributed by atoms with Gasteiger partial charge in [-0.25, -0.2) is 0 Å². The summed E-state index contributed by atoms with van der Waals surface area (Å²) in [5.74, 6) is 3.85. The second-order valence-corrected chi connectivity index (χ2v) is 9.57. The fourth-order valence-electron chi connectivity index (χ4n) is 6.99. The lowest BCUT2D eigenvalue weighted by atomic mass is 9.49. The number of anilines is 1. The van der Waals surface area contributed by atoms with Crippen molar-refractivity contribution >= 4 is 22.6 Å². The van der Waals surface area contributed by atoms with E-state index in [2.05, 4.69) is 11.4 Å². The average molecular weight is 349 g/mol. The molecule has 0 spiro atoms. The van der Waals surface area contributed by atoms with Crippen molar-refractivity contribution in [3.05, 3.63) is 29.5 Å². The number of aryl methyl sites for hydroxylation is 2. The zero-order valence-electron chi connectivity index (χ0n) is 15.4. The number of carbonyl (C=O) groups excluding carboxylic acids is 1. The predicted octanol–water partition coefficient (Wildman–Crippen LogP) is 5.47. The molecule has 0 unspecified atom stereocenters. The molecular formula is C23H27NO2. The molecule has 0 aliphatic heterocycles. The van der Waals surface area contributed by atoms with E-state index in [1.807, 2.05) is 12.1 Å². The lowest BCUT2D eigenvalue weighted by Gasteiger charge is -2.55. The molecule has 1 heterocycles. The van der Waals surface area contributed by atoms with E-state index in [4.69, 9.17) is 4.42 Å². The number of rotatable bonds is 2. The Hall–Kier alpha value is -1.77. The highest BCUT2D eigenvalue weighted by atomic mass is 16.3. The molecule has 0 radical (unpaired) electrons. The van der Waals surface area contributed by atoms with Crippen LogP contribution in [-0.2, 0) is 17.6 Å². The van der Waals surface area contributed by atoms with Gasteiger partial charge >= 0.3 is 0 Å². The third-order valence-corrected chi connectivity index (χ3v) is 7.73. The summed E-state index contributed by atoms with van der Waals surface area (Å²) in [5.41, 5.74) is 3.22. The standard InChI is InChI=1S/C23H27NO2/c25-22(23-11-14-7-15(12-23)9-16(8-14)13-23)24-17-5-6-21-19(10-17)18-3-1-2-4-20(18)26-21/h5-6,10,14-16H,1-4,7-9,11-13H2,(H,24,25). The van der Waals surface area contributed by atoms with Gasteiger partial charge in [-0.2, -0.15) is 0 Å². The molecule has 1 N–H and O–H groups in total. The van der Waals surface area contributed by atoms with E-state index in [-0.39, 0.29) is 11.3 Å². The maximum Gasteiger partial charge on any atom is 0.230 e. The Kier molecular flexibility index (Phi) is 3.16. The minimum absolute atomic E-state index is 0.0838. The van der Waals surface area contributed by atoms with Crippen molar-refractivity contribution in [1.29, 1.82) is 0 Å². The third kappa shape index (κ3) is 2.22. The largest absolute Gasteiger partial charge is 0.461 e. The average Bonchev–Trinajstić information content (AvgIpc) is 2.99. The molecular weight excluding hydrogens is 322 g/mol. The van der Waals surface area contributed by atoms with E-state index in [0.29, 0.717) is 0 Å². The molecule has 136 valence electrons. The number of amides is 1. The van der Waals surface area contributed by atoms with Crippen LogP contribution in [0.2, 0.25) is 0 Å². The van der Waals surface area contributed by atoms with Crippen molar-refractivity contribution in [1.82, 2.24) is 0 Å². The summed E-state index contributed by atoms with van der Waals surface area (Å²) in [7, 11) is 0. The molecule has 5 aliphatic carbocycles. The first-order valence-electron chi connectivity index (χ1n) is 10.5. The zero-order chi connectivity index (χ0) is 17.3. The Morgan fingerprint density at radius 3 is 2.42 bits per heavy atom. The summed E-state index contributed by atoms with van der Waals surface area (Å²) in [6.45, 7) is 0. The summed E-state index contributed by atoms with van der Waals surface area (Å²) < 4.78 is 6.04. The number of benzene rings is 1. The number of carbonyl (C=O) groups is 1. The lowest BCUT2D eigenvalue weighted by molar-refractivity contribution is -0.140. The van der Waals surface area contributed by atoms with Gasteiger partial charge in [-0.15, -0.1) is 0 Å². The van der Waals surface area contributed by atoms with E-state index in [1.165, 1.54) is 43.1 Å². The molecule has 4 bridgehead atoms. The summed E-state index contributed by atoms with van der Waals surface area (Å²) >= 11 is 0. The van der Waals surface area contributed by atoms with E-state index >= 15 is 0 Å². The van der Waals surface area contributed by atoms with Gasteiger partial charge in [-0.3, -0.25) is 4.79 Å². The van der Waals surface area contributed by atoms with E-state index in [1.54, 1.807) is 0 Å². The van der Waals surface area contributed by atoms with E-state index in [9.17, 15) is 4.79 Å². The minimum atomic E-state index is -0.0838. The molecule has 0 saturated heterocycles. The first kappa shape index (κ1) is 15.3. The van der Waals surface area contributed by atoms with Crippen LogP contribution in [0.15, 0.2) is 22.6 Å². The molecule has 3 nitrogen and oxygen atoms in total. The van der Waals surface area contributed by atoms with Crippen LogP contribution < -0.4 is 5.32 Å². The Bertz CT molecular complexity index is 858. The predicted molar refractivity (Wildman–Crippen MR) is 102 cm³/mol. The monoisotopic (exact) mass is 349 g/mol. The van der Waals surface area contributed by atoms with Crippen LogP contribution >= 0.6 is 0 Å². The first-order chi connectivity index (χ1) is 12.7. The molecule has 3 heteroatoms. The molecule has 4 fully saturated rings. The topological polar surface area (TPSA) is 42.2 Å². The van der Waals surface area contributed by atoms with E-state index in [0.717, 1.165) is 66.9 Å². The van der Waals surface area contributed by atoms with Crippen LogP contribution in [0, 0.1) is 23.2 Å². The van der Waals surface area contributed by atoms with Gasteiger partial charge in [-0.1, -0.05) is 0 Å². The first-order valence-corrected chi connectivity index (χ1v) is 10.5. The number of furan rings is 1. The molecule has 7 rings (SSSR count). The molecule has 4 saturated carbocycles. The Morgan fingerprint density at radius 2 is 1.69 bits per heavy atom. The minimum Gasteiger partial charge on any atom is -0.461 e. The van der Waals surface area contributed by atoms with Gasteiger partial charge in [0, 0.05) is 23.1 Å². The summed E-state index contributed by atoms with van der Waals surface area (Å²) in [6.07, 6.45) is 12.1. The lowest BCUT2D eigenvalue weighted by Crippen LogP contribution is -2.51. The van der Waals surface area contributed by atoms with Crippen molar-refractivity contribution < 1.29 is 9.21 Å². The molecule has 5 aliphatic rings. The fourth-order valence-corrected chi connectivity index (χ4v) is 6.99. The van der Waals surface area contributed by atoms with Crippen LogP contribution in [0.5, 0.6) is 0 Å². The summed E-state index contributed by atoms with van der Waals surface area (Å²) in [6, 6.07) is 6.22. The van der Waals surface area contributed by atoms with Crippen LogP contribution in [0.1, 0.15) is 62.7 Å². The highest BCUT2D eigenvalue weighted by Gasteiger charge is 2.54. The Morgan fingerprint density at radius 1 is 1.00 bits per heavy atom. The molecule has 1 amide bonds. The van der Waals surface area contributed by atoms with Gasteiger partial charge in [0.25, 0.3) is 0 Å². The zero-order valence-corrected chi connectivity index (χ0v) is 15.4. The van der Waals surface area contributed by atoms with Gasteiger partial charge in [0.15, 0.2) is 0 Å². The van der Waals surface area contributed by atoms with Crippen LogP contribution in [-0.4, -0.2) is 5.91 Å². The third-order valence-electron chi connectivity index (χ3n) is 7.73. The number of fused-ring (bicyclic) bond motifs is 3. The van der Waals surface area contributed by atoms with Crippen LogP contribution in [0.25, 0.3) is 11.0 Å². The van der Waals surface area contributed by atoms with Crippen molar-refractivity contribution in [2.75, 3.05) is 5.32 Å². The second kappa shape index (κ2) is 5.37.